The van der Waals surface area contributed by atoms with Gasteiger partial charge in [-0.15, -0.1) is 11.8 Å². The van der Waals surface area contributed by atoms with E-state index >= 15 is 0 Å². The van der Waals surface area contributed by atoms with Crippen LogP contribution in [-0.4, -0.2) is 6.26 Å². The molecule has 0 amide bonds. The van der Waals surface area contributed by atoms with E-state index in [4.69, 9.17) is 9.68 Å². The number of nitrogens with zero attached hydrogens (tertiary/aromatic N) is 1. The Morgan fingerprint density at radius 3 is 2.56 bits per heavy atom. The molecular weight excluding hydrogens is 253 g/mol. The fourth-order valence-electron chi connectivity index (χ4n) is 1.49. The molecule has 0 spiro atoms. The van der Waals surface area contributed by atoms with Crippen molar-refractivity contribution >= 4 is 11.8 Å². The van der Waals surface area contributed by atoms with E-state index in [2.05, 4.69) is 0 Å². The number of rotatable bonds is 2. The molecule has 0 unspecified atom stereocenters. The predicted octanol–water partition coefficient (Wildman–Crippen LogP) is 3.04. The Hall–Kier alpha value is -2.06. The van der Waals surface area contributed by atoms with Crippen LogP contribution in [-0.2, 0) is 0 Å². The van der Waals surface area contributed by atoms with E-state index in [1.165, 1.54) is 36.0 Å². The third-order valence-corrected chi connectivity index (χ3v) is 3.14. The molecule has 0 radical (unpaired) electrons. The van der Waals surface area contributed by atoms with Crippen LogP contribution < -0.4 is 5.63 Å². The zero-order chi connectivity index (χ0) is 13.1. The standard InChI is InChI=1S/C13H8FNO2S/c1-18-12-6-11(17-13(16)10(12)7-15)8-2-4-9(14)5-3-8/h2-6H,1H3. The molecule has 2 rings (SSSR count). The third-order valence-electron chi connectivity index (χ3n) is 2.38. The molecule has 3 nitrogen and oxygen atoms in total. The van der Waals surface area contributed by atoms with Gasteiger partial charge in [0.05, 0.1) is 0 Å². The largest absolute Gasteiger partial charge is 0.422 e. The highest BCUT2D eigenvalue weighted by Gasteiger charge is 2.11. The zero-order valence-corrected chi connectivity index (χ0v) is 10.3. The summed E-state index contributed by atoms with van der Waals surface area (Å²) in [4.78, 5) is 12.2. The van der Waals surface area contributed by atoms with Crippen molar-refractivity contribution in [2.24, 2.45) is 0 Å². The van der Waals surface area contributed by atoms with Crippen molar-refractivity contribution in [1.82, 2.24) is 0 Å². The highest BCUT2D eigenvalue weighted by molar-refractivity contribution is 7.98. The third kappa shape index (κ3) is 2.29. The monoisotopic (exact) mass is 261 g/mol. The molecular formula is C13H8FNO2S. The zero-order valence-electron chi connectivity index (χ0n) is 9.44. The summed E-state index contributed by atoms with van der Waals surface area (Å²) >= 11 is 1.29. The number of thioether (sulfide) groups is 1. The predicted molar refractivity (Wildman–Crippen MR) is 66.9 cm³/mol. The van der Waals surface area contributed by atoms with Crippen molar-refractivity contribution in [1.29, 1.82) is 5.26 Å². The van der Waals surface area contributed by atoms with Gasteiger partial charge in [0, 0.05) is 10.5 Å². The Morgan fingerprint density at radius 1 is 1.33 bits per heavy atom. The molecule has 0 fully saturated rings. The van der Waals surface area contributed by atoms with Crippen molar-refractivity contribution in [3.63, 3.8) is 0 Å². The molecule has 18 heavy (non-hydrogen) atoms. The first-order valence-electron chi connectivity index (χ1n) is 5.04. The molecule has 0 aliphatic heterocycles. The molecule has 0 saturated heterocycles. The molecule has 0 N–H and O–H groups in total. The Kier molecular flexibility index (Phi) is 3.49. The highest BCUT2D eigenvalue weighted by atomic mass is 32.2. The van der Waals surface area contributed by atoms with Crippen LogP contribution >= 0.6 is 11.8 Å². The minimum atomic E-state index is -0.677. The van der Waals surface area contributed by atoms with Crippen LogP contribution in [0.1, 0.15) is 5.56 Å². The van der Waals surface area contributed by atoms with Crippen molar-refractivity contribution in [3.8, 4) is 17.4 Å². The number of hydrogen-bond donors (Lipinski definition) is 0. The molecule has 1 aromatic heterocycles. The summed E-state index contributed by atoms with van der Waals surface area (Å²) in [5.41, 5.74) is -0.0923. The van der Waals surface area contributed by atoms with Crippen LogP contribution in [0.5, 0.6) is 0 Å². The summed E-state index contributed by atoms with van der Waals surface area (Å²) in [5.74, 6) is -0.0387. The van der Waals surface area contributed by atoms with E-state index in [1.807, 2.05) is 6.07 Å². The van der Waals surface area contributed by atoms with Gasteiger partial charge in [-0.3, -0.25) is 0 Å². The summed E-state index contributed by atoms with van der Waals surface area (Å²) in [6.07, 6.45) is 1.77. The fourth-order valence-corrected chi connectivity index (χ4v) is 2.05. The molecule has 0 atom stereocenters. The van der Waals surface area contributed by atoms with Gasteiger partial charge in [-0.1, -0.05) is 0 Å². The Morgan fingerprint density at radius 2 is 2.00 bits per heavy atom. The van der Waals surface area contributed by atoms with Crippen LogP contribution in [0.4, 0.5) is 4.39 Å². The fraction of sp³-hybridized carbons (Fsp3) is 0.0769. The first-order valence-corrected chi connectivity index (χ1v) is 6.26. The molecule has 5 heteroatoms. The maximum atomic E-state index is 12.8. The molecule has 0 bridgehead atoms. The topological polar surface area (TPSA) is 54.0 Å². The van der Waals surface area contributed by atoms with Crippen molar-refractivity contribution in [3.05, 3.63) is 52.1 Å². The van der Waals surface area contributed by atoms with Gasteiger partial charge in [0.15, 0.2) is 5.56 Å². The second-order valence-corrected chi connectivity index (χ2v) is 4.31. The van der Waals surface area contributed by atoms with Crippen molar-refractivity contribution in [2.75, 3.05) is 6.26 Å². The summed E-state index contributed by atoms with van der Waals surface area (Å²) in [6, 6.07) is 9.03. The average Bonchev–Trinajstić information content (AvgIpc) is 2.38. The van der Waals surface area contributed by atoms with Gasteiger partial charge in [0.2, 0.25) is 0 Å². The lowest BCUT2D eigenvalue weighted by atomic mass is 10.1. The second-order valence-electron chi connectivity index (χ2n) is 3.46. The maximum absolute atomic E-state index is 12.8. The molecule has 0 aliphatic carbocycles. The van der Waals surface area contributed by atoms with E-state index in [9.17, 15) is 9.18 Å². The van der Waals surface area contributed by atoms with Crippen LogP contribution in [0, 0.1) is 17.1 Å². The number of halogens is 1. The number of nitriles is 1. The first-order chi connectivity index (χ1) is 8.65. The van der Waals surface area contributed by atoms with Crippen LogP contribution in [0.2, 0.25) is 0 Å². The summed E-state index contributed by atoms with van der Waals surface area (Å²) in [6.45, 7) is 0. The molecule has 90 valence electrons. The van der Waals surface area contributed by atoms with Gasteiger partial charge >= 0.3 is 5.63 Å². The van der Waals surface area contributed by atoms with Crippen LogP contribution in [0.15, 0.2) is 44.4 Å². The van der Waals surface area contributed by atoms with Gasteiger partial charge in [0.1, 0.15) is 17.6 Å². The first kappa shape index (κ1) is 12.4. The Labute approximate surface area is 107 Å². The molecule has 1 heterocycles. The summed E-state index contributed by atoms with van der Waals surface area (Å²) < 4.78 is 17.9. The van der Waals surface area contributed by atoms with E-state index < -0.39 is 5.63 Å². The number of hydrogen-bond acceptors (Lipinski definition) is 4. The van der Waals surface area contributed by atoms with E-state index in [1.54, 1.807) is 12.3 Å². The smallest absolute Gasteiger partial charge is 0.355 e. The lowest BCUT2D eigenvalue weighted by Gasteiger charge is -2.03. The number of benzene rings is 1. The SMILES string of the molecule is CSc1cc(-c2ccc(F)cc2)oc(=O)c1C#N. The summed E-state index contributed by atoms with van der Waals surface area (Å²) in [5, 5.41) is 8.86. The van der Waals surface area contributed by atoms with E-state index in [-0.39, 0.29) is 11.4 Å². The van der Waals surface area contributed by atoms with Gasteiger partial charge in [-0.25, -0.2) is 9.18 Å². The second kappa shape index (κ2) is 5.07. The van der Waals surface area contributed by atoms with Gasteiger partial charge in [-0.2, -0.15) is 5.26 Å². The van der Waals surface area contributed by atoms with Crippen molar-refractivity contribution in [2.45, 2.75) is 4.90 Å². The minimum absolute atomic E-state index is 0.00615. The van der Waals surface area contributed by atoms with Crippen LogP contribution in [0.25, 0.3) is 11.3 Å². The van der Waals surface area contributed by atoms with E-state index in [0.29, 0.717) is 16.2 Å². The van der Waals surface area contributed by atoms with E-state index in [0.717, 1.165) is 0 Å². The minimum Gasteiger partial charge on any atom is -0.422 e. The molecule has 0 aliphatic rings. The van der Waals surface area contributed by atoms with Crippen molar-refractivity contribution < 1.29 is 8.81 Å². The Bertz CT molecular complexity index is 671. The Balaban J connectivity index is 2.60. The lowest BCUT2D eigenvalue weighted by molar-refractivity contribution is 0.518. The molecule has 1 aromatic carbocycles. The normalized spacial score (nSPS) is 10.1. The summed E-state index contributed by atoms with van der Waals surface area (Å²) in [7, 11) is 0. The highest BCUT2D eigenvalue weighted by Crippen LogP contribution is 2.25. The quantitative estimate of drug-likeness (QED) is 0.780. The average molecular weight is 261 g/mol. The lowest BCUT2D eigenvalue weighted by Crippen LogP contribution is -2.06. The van der Waals surface area contributed by atoms with Gasteiger partial charge in [0.25, 0.3) is 0 Å². The van der Waals surface area contributed by atoms with Gasteiger partial charge in [-0.05, 0) is 36.6 Å². The van der Waals surface area contributed by atoms with Gasteiger partial charge < -0.3 is 4.42 Å². The van der Waals surface area contributed by atoms with Crippen LogP contribution in [0.3, 0.4) is 0 Å². The maximum Gasteiger partial charge on any atom is 0.355 e. The molecule has 0 saturated carbocycles. The molecule has 2 aromatic rings.